The lowest BCUT2D eigenvalue weighted by Crippen LogP contribution is -2.21. The Morgan fingerprint density at radius 3 is 1.92 bits per heavy atom. The normalized spacial score (nSPS) is 12.8. The Hall–Kier alpha value is -4.03. The number of carbonyl (C=O) groups excluding carboxylic acids is 2. The largest absolute Gasteiger partial charge is 0.481 e. The van der Waals surface area contributed by atoms with Crippen molar-refractivity contribution in [2.24, 2.45) is 5.92 Å². The van der Waals surface area contributed by atoms with Crippen LogP contribution in [0.5, 0.6) is 0 Å². The molecule has 1 aliphatic carbocycles. The van der Waals surface area contributed by atoms with E-state index in [1.807, 2.05) is 60.0 Å². The van der Waals surface area contributed by atoms with Crippen LogP contribution in [0.3, 0.4) is 0 Å². The number of carboxylic acids is 1. The SMILES string of the molecule is O=C(O)Cc1ccc(CNC(=O)c2cc(-c3ccc(-c4ccc(C(=O)C5CC5)cc4)cc3)cs2)cc1. The third-order valence-corrected chi connectivity index (χ3v) is 7.25. The highest BCUT2D eigenvalue weighted by Gasteiger charge is 2.30. The number of Topliss-reactive ketones (excluding diaryl/α,β-unsaturated/α-hetero) is 1. The van der Waals surface area contributed by atoms with Crippen molar-refractivity contribution < 1.29 is 19.5 Å². The molecule has 4 aromatic rings. The van der Waals surface area contributed by atoms with Crippen LogP contribution in [0.4, 0.5) is 0 Å². The summed E-state index contributed by atoms with van der Waals surface area (Å²) in [6.45, 7) is 0.374. The minimum absolute atomic E-state index is 0.0146. The van der Waals surface area contributed by atoms with Crippen LogP contribution in [0.1, 0.15) is 44.0 Å². The van der Waals surface area contributed by atoms with Gasteiger partial charge < -0.3 is 10.4 Å². The van der Waals surface area contributed by atoms with Gasteiger partial charge in [0, 0.05) is 18.0 Å². The first kappa shape index (κ1) is 23.7. The molecule has 1 fully saturated rings. The Morgan fingerprint density at radius 1 is 0.778 bits per heavy atom. The van der Waals surface area contributed by atoms with Gasteiger partial charge in [0.15, 0.2) is 5.78 Å². The summed E-state index contributed by atoms with van der Waals surface area (Å²) in [6, 6.07) is 25.1. The van der Waals surface area contributed by atoms with Crippen molar-refractivity contribution in [3.63, 3.8) is 0 Å². The number of benzene rings is 3. The van der Waals surface area contributed by atoms with E-state index >= 15 is 0 Å². The molecule has 3 aromatic carbocycles. The van der Waals surface area contributed by atoms with Gasteiger partial charge in [0.1, 0.15) is 0 Å². The maximum absolute atomic E-state index is 12.6. The van der Waals surface area contributed by atoms with Crippen LogP contribution in [0.25, 0.3) is 22.3 Å². The highest BCUT2D eigenvalue weighted by atomic mass is 32.1. The fourth-order valence-electron chi connectivity index (χ4n) is 4.09. The lowest BCUT2D eigenvalue weighted by Gasteiger charge is -2.06. The number of aliphatic carboxylic acids is 1. The highest BCUT2D eigenvalue weighted by molar-refractivity contribution is 7.12. The van der Waals surface area contributed by atoms with Crippen LogP contribution in [-0.2, 0) is 17.8 Å². The molecule has 0 unspecified atom stereocenters. The second-order valence-corrected chi connectivity index (χ2v) is 9.97. The van der Waals surface area contributed by atoms with E-state index < -0.39 is 5.97 Å². The number of rotatable bonds is 9. The summed E-state index contributed by atoms with van der Waals surface area (Å²) in [5, 5.41) is 13.8. The summed E-state index contributed by atoms with van der Waals surface area (Å²) >= 11 is 1.40. The molecule has 2 N–H and O–H groups in total. The van der Waals surface area contributed by atoms with Crippen molar-refractivity contribution in [1.82, 2.24) is 5.32 Å². The standard InChI is InChI=1S/C30H25NO4S/c32-28(33)15-19-1-3-20(4-2-19)17-31-30(35)27-16-26(18-36-27)23-7-5-21(6-8-23)22-9-11-24(12-10-22)29(34)25-13-14-25/h1-12,16,18,25H,13-15,17H2,(H,31,35)(H,32,33). The molecule has 6 heteroatoms. The van der Waals surface area contributed by atoms with Crippen molar-refractivity contribution in [3.05, 3.63) is 106 Å². The molecule has 1 heterocycles. The van der Waals surface area contributed by atoms with E-state index in [0.717, 1.165) is 51.8 Å². The predicted octanol–water partition coefficient (Wildman–Crippen LogP) is 6.23. The van der Waals surface area contributed by atoms with Crippen LogP contribution in [0.15, 0.2) is 84.2 Å². The first-order valence-corrected chi connectivity index (χ1v) is 12.8. The average molecular weight is 496 g/mol. The number of hydrogen-bond acceptors (Lipinski definition) is 4. The molecule has 5 nitrogen and oxygen atoms in total. The summed E-state index contributed by atoms with van der Waals surface area (Å²) in [7, 11) is 0. The van der Waals surface area contributed by atoms with Gasteiger partial charge >= 0.3 is 5.97 Å². The minimum atomic E-state index is -0.866. The molecule has 0 radical (unpaired) electrons. The Balaban J connectivity index is 1.19. The van der Waals surface area contributed by atoms with Crippen molar-refractivity contribution in [2.75, 3.05) is 0 Å². The zero-order chi connectivity index (χ0) is 25.1. The average Bonchev–Trinajstić information content (AvgIpc) is 3.63. The fraction of sp³-hybridized carbons (Fsp3) is 0.167. The molecule has 1 amide bonds. The van der Waals surface area contributed by atoms with Gasteiger partial charge in [-0.2, -0.15) is 0 Å². The van der Waals surface area contributed by atoms with Crippen LogP contribution in [0, 0.1) is 5.92 Å². The van der Waals surface area contributed by atoms with Gasteiger partial charge in [-0.05, 0) is 57.7 Å². The summed E-state index contributed by atoms with van der Waals surface area (Å²) in [5.41, 5.74) is 6.59. The summed E-state index contributed by atoms with van der Waals surface area (Å²) in [5.74, 6) is -0.527. The monoisotopic (exact) mass is 495 g/mol. The molecule has 0 saturated heterocycles. The first-order chi connectivity index (χ1) is 17.5. The third-order valence-electron chi connectivity index (χ3n) is 6.32. The maximum atomic E-state index is 12.6. The summed E-state index contributed by atoms with van der Waals surface area (Å²) in [4.78, 5) is 36.3. The van der Waals surface area contributed by atoms with Crippen molar-refractivity contribution in [1.29, 1.82) is 0 Å². The topological polar surface area (TPSA) is 83.5 Å². The zero-order valence-electron chi connectivity index (χ0n) is 19.6. The van der Waals surface area contributed by atoms with Crippen molar-refractivity contribution in [3.8, 4) is 22.3 Å². The zero-order valence-corrected chi connectivity index (χ0v) is 20.4. The molecule has 1 saturated carbocycles. The van der Waals surface area contributed by atoms with Crippen molar-refractivity contribution >= 4 is 29.0 Å². The smallest absolute Gasteiger partial charge is 0.307 e. The number of carboxylic acid groups (broad SMARTS) is 1. The van der Waals surface area contributed by atoms with Crippen LogP contribution in [0.2, 0.25) is 0 Å². The van der Waals surface area contributed by atoms with E-state index in [-0.39, 0.29) is 24.0 Å². The first-order valence-electron chi connectivity index (χ1n) is 11.9. The third kappa shape index (κ3) is 5.61. The molecule has 180 valence electrons. The van der Waals surface area contributed by atoms with E-state index in [9.17, 15) is 14.4 Å². The lowest BCUT2D eigenvalue weighted by molar-refractivity contribution is -0.136. The molecule has 1 aromatic heterocycles. The second kappa shape index (κ2) is 10.3. The van der Waals surface area contributed by atoms with Gasteiger partial charge in [-0.15, -0.1) is 11.3 Å². The predicted molar refractivity (Wildman–Crippen MR) is 141 cm³/mol. The molecular weight excluding hydrogens is 470 g/mol. The Bertz CT molecular complexity index is 1400. The van der Waals surface area contributed by atoms with E-state index in [2.05, 4.69) is 17.4 Å². The Morgan fingerprint density at radius 2 is 1.33 bits per heavy atom. The quantitative estimate of drug-likeness (QED) is 0.270. The van der Waals surface area contributed by atoms with Crippen LogP contribution < -0.4 is 5.32 Å². The number of amides is 1. The Kier molecular flexibility index (Phi) is 6.78. The fourth-order valence-corrected chi connectivity index (χ4v) is 4.92. The summed E-state index contributed by atoms with van der Waals surface area (Å²) in [6.07, 6.45) is 2.01. The molecule has 1 aliphatic rings. The van der Waals surface area contributed by atoms with E-state index in [1.54, 1.807) is 12.1 Å². The van der Waals surface area contributed by atoms with Crippen LogP contribution >= 0.6 is 11.3 Å². The second-order valence-electron chi connectivity index (χ2n) is 9.06. The van der Waals surface area contributed by atoms with E-state index in [0.29, 0.717) is 11.4 Å². The number of ketones is 1. The molecule has 0 bridgehead atoms. The molecule has 0 aliphatic heterocycles. The van der Waals surface area contributed by atoms with E-state index in [1.165, 1.54) is 11.3 Å². The summed E-state index contributed by atoms with van der Waals surface area (Å²) < 4.78 is 0. The van der Waals surface area contributed by atoms with Gasteiger partial charge in [-0.25, -0.2) is 0 Å². The molecule has 0 atom stereocenters. The molecule has 5 rings (SSSR count). The highest BCUT2D eigenvalue weighted by Crippen LogP contribution is 2.33. The maximum Gasteiger partial charge on any atom is 0.307 e. The molecular formula is C30H25NO4S. The Labute approximate surface area is 213 Å². The minimum Gasteiger partial charge on any atom is -0.481 e. The molecule has 0 spiro atoms. The molecule has 36 heavy (non-hydrogen) atoms. The van der Waals surface area contributed by atoms with Gasteiger partial charge in [0.25, 0.3) is 5.91 Å². The number of hydrogen-bond donors (Lipinski definition) is 2. The number of nitrogens with one attached hydrogen (secondary N) is 1. The van der Waals surface area contributed by atoms with Gasteiger partial charge in [0.05, 0.1) is 11.3 Å². The van der Waals surface area contributed by atoms with E-state index in [4.69, 9.17) is 5.11 Å². The van der Waals surface area contributed by atoms with Crippen LogP contribution in [-0.4, -0.2) is 22.8 Å². The van der Waals surface area contributed by atoms with Gasteiger partial charge in [0.2, 0.25) is 0 Å². The number of carbonyl (C=O) groups is 3. The lowest BCUT2D eigenvalue weighted by atomic mass is 9.99. The number of thiophene rings is 1. The van der Waals surface area contributed by atoms with Gasteiger partial charge in [-0.3, -0.25) is 14.4 Å². The van der Waals surface area contributed by atoms with Gasteiger partial charge in [-0.1, -0.05) is 72.8 Å². The van der Waals surface area contributed by atoms with Crippen molar-refractivity contribution in [2.45, 2.75) is 25.8 Å².